The molecule has 0 bridgehead atoms. The lowest BCUT2D eigenvalue weighted by Crippen LogP contribution is -2.59. The quantitative estimate of drug-likeness (QED) is 0.692. The van der Waals surface area contributed by atoms with E-state index < -0.39 is 9.04 Å². The van der Waals surface area contributed by atoms with E-state index in [9.17, 15) is 0 Å². The van der Waals surface area contributed by atoms with Gasteiger partial charge in [-0.25, -0.2) is 0 Å². The molecule has 0 spiro atoms. The Hall–Kier alpha value is -0.683. The second-order valence-corrected chi connectivity index (χ2v) is 10.8. The molecule has 0 aromatic heterocycles. The molecule has 1 heterocycles. The standard InChI is InChI=1S/C20H35NO2Si/c1-19(2,3)20(16-23-24(5)6)13-12-18(15-22-4)21(20)14-17-10-8-7-9-11-17/h7-11,18,24H,12-16H2,1-6H3. The molecule has 1 fully saturated rings. The molecule has 1 aliphatic heterocycles. The van der Waals surface area contributed by atoms with Gasteiger partial charge in [-0.05, 0) is 36.9 Å². The molecular formula is C20H35NO2Si. The largest absolute Gasteiger partial charge is 0.419 e. The summed E-state index contributed by atoms with van der Waals surface area (Å²) in [5.74, 6) is 0. The molecule has 0 N–H and O–H groups in total. The molecule has 24 heavy (non-hydrogen) atoms. The molecule has 1 aromatic rings. The second kappa shape index (κ2) is 8.13. The Bertz CT molecular complexity index is 500. The number of nitrogens with zero attached hydrogens (tertiary/aromatic N) is 1. The van der Waals surface area contributed by atoms with Crippen molar-refractivity contribution in [1.82, 2.24) is 4.90 Å². The second-order valence-electron chi connectivity index (χ2n) is 8.40. The van der Waals surface area contributed by atoms with Gasteiger partial charge in [0, 0.05) is 25.2 Å². The summed E-state index contributed by atoms with van der Waals surface area (Å²) in [5.41, 5.74) is 1.60. The third-order valence-corrected chi connectivity index (χ3v) is 6.32. The first kappa shape index (κ1) is 19.6. The summed E-state index contributed by atoms with van der Waals surface area (Å²) in [6, 6.07) is 11.3. The van der Waals surface area contributed by atoms with Crippen LogP contribution in [-0.2, 0) is 15.7 Å². The van der Waals surface area contributed by atoms with Crippen LogP contribution in [0.25, 0.3) is 0 Å². The average Bonchev–Trinajstić information content (AvgIpc) is 2.86. The van der Waals surface area contributed by atoms with Crippen molar-refractivity contribution in [3.8, 4) is 0 Å². The molecule has 3 nitrogen and oxygen atoms in total. The van der Waals surface area contributed by atoms with E-state index in [4.69, 9.17) is 9.16 Å². The molecule has 2 rings (SSSR count). The Kier molecular flexibility index (Phi) is 6.65. The summed E-state index contributed by atoms with van der Waals surface area (Å²) in [6.45, 7) is 14.2. The summed E-state index contributed by atoms with van der Waals surface area (Å²) in [6.07, 6.45) is 2.36. The first-order valence-electron chi connectivity index (χ1n) is 9.21. The minimum atomic E-state index is -1.05. The highest BCUT2D eigenvalue weighted by atomic mass is 28.3. The van der Waals surface area contributed by atoms with Crippen molar-refractivity contribution >= 4 is 9.04 Å². The summed E-state index contributed by atoms with van der Waals surface area (Å²) in [7, 11) is 0.766. The van der Waals surface area contributed by atoms with Crippen LogP contribution in [0.1, 0.15) is 39.2 Å². The predicted octanol–water partition coefficient (Wildman–Crippen LogP) is 4.08. The van der Waals surface area contributed by atoms with E-state index in [0.717, 1.165) is 19.8 Å². The Morgan fingerprint density at radius 1 is 1.21 bits per heavy atom. The average molecular weight is 350 g/mol. The SMILES string of the molecule is COCC1CCC(CO[SiH](C)C)(C(C)(C)C)N1Cc1ccccc1. The smallest absolute Gasteiger partial charge is 0.170 e. The lowest BCUT2D eigenvalue weighted by atomic mass is 9.72. The Morgan fingerprint density at radius 2 is 1.88 bits per heavy atom. The highest BCUT2D eigenvalue weighted by Gasteiger charge is 2.53. The fourth-order valence-electron chi connectivity index (χ4n) is 3.96. The monoisotopic (exact) mass is 349 g/mol. The number of hydrogen-bond acceptors (Lipinski definition) is 3. The van der Waals surface area contributed by atoms with Crippen LogP contribution >= 0.6 is 0 Å². The summed E-state index contributed by atoms with van der Waals surface area (Å²) >= 11 is 0. The van der Waals surface area contributed by atoms with Gasteiger partial charge in [-0.2, -0.15) is 0 Å². The van der Waals surface area contributed by atoms with Crippen molar-refractivity contribution in [1.29, 1.82) is 0 Å². The van der Waals surface area contributed by atoms with Gasteiger partial charge in [0.25, 0.3) is 0 Å². The van der Waals surface area contributed by atoms with Gasteiger partial charge in [0.2, 0.25) is 0 Å². The molecule has 1 aromatic carbocycles. The van der Waals surface area contributed by atoms with E-state index in [1.54, 1.807) is 0 Å². The molecule has 2 atom stereocenters. The first-order chi connectivity index (χ1) is 11.3. The summed E-state index contributed by atoms with van der Waals surface area (Å²) in [4.78, 5) is 2.68. The number of ether oxygens (including phenoxy) is 1. The normalized spacial score (nSPS) is 25.5. The maximum Gasteiger partial charge on any atom is 0.170 e. The Labute approximate surface area is 150 Å². The van der Waals surface area contributed by atoms with E-state index in [1.807, 2.05) is 7.11 Å². The minimum Gasteiger partial charge on any atom is -0.419 e. The molecule has 4 heteroatoms. The fraction of sp³-hybridized carbons (Fsp3) is 0.700. The van der Waals surface area contributed by atoms with E-state index in [-0.39, 0.29) is 11.0 Å². The van der Waals surface area contributed by atoms with Crippen LogP contribution in [0.5, 0.6) is 0 Å². The van der Waals surface area contributed by atoms with E-state index >= 15 is 0 Å². The molecule has 0 radical (unpaired) electrons. The highest BCUT2D eigenvalue weighted by Crippen LogP contribution is 2.47. The zero-order valence-electron chi connectivity index (χ0n) is 16.3. The van der Waals surface area contributed by atoms with Gasteiger partial charge in [0.1, 0.15) is 0 Å². The van der Waals surface area contributed by atoms with E-state index in [0.29, 0.717) is 6.04 Å². The molecule has 1 saturated heterocycles. The van der Waals surface area contributed by atoms with E-state index in [2.05, 4.69) is 69.1 Å². The summed E-state index contributed by atoms with van der Waals surface area (Å²) in [5, 5.41) is 0. The zero-order valence-corrected chi connectivity index (χ0v) is 17.5. The number of rotatable bonds is 7. The van der Waals surface area contributed by atoms with Gasteiger partial charge in [0.05, 0.1) is 13.2 Å². The first-order valence-corrected chi connectivity index (χ1v) is 12.0. The van der Waals surface area contributed by atoms with Crippen LogP contribution in [-0.4, -0.2) is 45.8 Å². The third-order valence-electron chi connectivity index (χ3n) is 5.49. The zero-order chi connectivity index (χ0) is 17.8. The maximum atomic E-state index is 6.31. The van der Waals surface area contributed by atoms with Crippen molar-refractivity contribution in [2.45, 2.75) is 64.8 Å². The van der Waals surface area contributed by atoms with E-state index in [1.165, 1.54) is 18.4 Å². The number of benzene rings is 1. The highest BCUT2D eigenvalue weighted by molar-refractivity contribution is 6.48. The Morgan fingerprint density at radius 3 is 2.42 bits per heavy atom. The topological polar surface area (TPSA) is 21.7 Å². The predicted molar refractivity (Wildman–Crippen MR) is 104 cm³/mol. The molecule has 1 aliphatic rings. The van der Waals surface area contributed by atoms with Gasteiger partial charge in [-0.15, -0.1) is 0 Å². The molecule has 0 saturated carbocycles. The van der Waals surface area contributed by atoms with Gasteiger partial charge in [0.15, 0.2) is 9.04 Å². The lowest BCUT2D eigenvalue weighted by molar-refractivity contribution is -0.0468. The van der Waals surface area contributed by atoms with Crippen LogP contribution in [0.15, 0.2) is 30.3 Å². The molecule has 0 aliphatic carbocycles. The van der Waals surface area contributed by atoms with Crippen molar-refractivity contribution in [3.63, 3.8) is 0 Å². The maximum absolute atomic E-state index is 6.31. The minimum absolute atomic E-state index is 0.0727. The molecular weight excluding hydrogens is 314 g/mol. The fourth-order valence-corrected chi connectivity index (χ4v) is 4.57. The van der Waals surface area contributed by atoms with Gasteiger partial charge >= 0.3 is 0 Å². The van der Waals surface area contributed by atoms with Crippen LogP contribution in [0, 0.1) is 5.41 Å². The molecule has 136 valence electrons. The van der Waals surface area contributed by atoms with Crippen LogP contribution < -0.4 is 0 Å². The van der Waals surface area contributed by atoms with Crippen molar-refractivity contribution in [2.75, 3.05) is 20.3 Å². The number of methoxy groups -OCH3 is 1. The van der Waals surface area contributed by atoms with Crippen molar-refractivity contribution in [3.05, 3.63) is 35.9 Å². The van der Waals surface area contributed by atoms with Crippen molar-refractivity contribution in [2.24, 2.45) is 5.41 Å². The van der Waals surface area contributed by atoms with Crippen LogP contribution in [0.2, 0.25) is 13.1 Å². The number of likely N-dealkylation sites (tertiary alicyclic amines) is 1. The van der Waals surface area contributed by atoms with Gasteiger partial charge in [-0.3, -0.25) is 4.90 Å². The Balaban J connectivity index is 2.34. The third kappa shape index (κ3) is 4.28. The summed E-state index contributed by atoms with van der Waals surface area (Å²) < 4.78 is 11.9. The van der Waals surface area contributed by atoms with Crippen LogP contribution in [0.3, 0.4) is 0 Å². The number of hydrogen-bond donors (Lipinski definition) is 0. The van der Waals surface area contributed by atoms with Crippen LogP contribution in [0.4, 0.5) is 0 Å². The van der Waals surface area contributed by atoms with Gasteiger partial charge in [-0.1, -0.05) is 51.1 Å². The molecule has 2 unspecified atom stereocenters. The van der Waals surface area contributed by atoms with Crippen molar-refractivity contribution < 1.29 is 9.16 Å². The molecule has 0 amide bonds. The van der Waals surface area contributed by atoms with Gasteiger partial charge < -0.3 is 9.16 Å². The lowest BCUT2D eigenvalue weighted by Gasteiger charge is -2.50.